The van der Waals surface area contributed by atoms with Crippen LogP contribution in [-0.4, -0.2) is 31.3 Å². The highest BCUT2D eigenvalue weighted by Crippen LogP contribution is 2.50. The number of nitrogens with one attached hydrogen (secondary N) is 1. The lowest BCUT2D eigenvalue weighted by atomic mass is 9.76. The van der Waals surface area contributed by atoms with Crippen molar-refractivity contribution in [2.24, 2.45) is 4.99 Å². The molecule has 3 heterocycles. The number of benzene rings is 5. The van der Waals surface area contributed by atoms with Crippen LogP contribution in [0.5, 0.6) is 11.5 Å². The van der Waals surface area contributed by atoms with E-state index in [1.54, 1.807) is 7.11 Å². The molecule has 8 rings (SSSR count). The molecule has 0 bridgehead atoms. The second-order valence-electron chi connectivity index (χ2n) is 12.9. The van der Waals surface area contributed by atoms with Crippen molar-refractivity contribution in [2.75, 3.05) is 25.1 Å². The minimum atomic E-state index is -0.192. The largest absolute Gasteiger partial charge is 0.493 e. The second kappa shape index (κ2) is 14.6. The van der Waals surface area contributed by atoms with Gasteiger partial charge < -0.3 is 19.7 Å². The fraction of sp³-hybridized carbons (Fsp3) is 0.190. The third kappa shape index (κ3) is 6.93. The zero-order valence-corrected chi connectivity index (χ0v) is 31.1. The van der Waals surface area contributed by atoms with Gasteiger partial charge in [0.2, 0.25) is 0 Å². The molecule has 3 aliphatic heterocycles. The summed E-state index contributed by atoms with van der Waals surface area (Å²) in [6, 6.07) is 37.4. The first-order valence-corrected chi connectivity index (χ1v) is 19.0. The van der Waals surface area contributed by atoms with Crippen molar-refractivity contribution in [3.8, 4) is 11.5 Å². The molecule has 1 N–H and O–H groups in total. The molecule has 0 unspecified atom stereocenters. The van der Waals surface area contributed by atoms with Gasteiger partial charge in [0, 0.05) is 41.2 Å². The van der Waals surface area contributed by atoms with Gasteiger partial charge in [-0.25, -0.2) is 4.99 Å². The summed E-state index contributed by atoms with van der Waals surface area (Å²) >= 11 is 11.3. The van der Waals surface area contributed by atoms with Crippen LogP contribution in [0.4, 0.5) is 11.4 Å². The molecule has 0 radical (unpaired) electrons. The smallest absolute Gasteiger partial charge is 0.264 e. The van der Waals surface area contributed by atoms with Gasteiger partial charge in [0.15, 0.2) is 16.7 Å². The van der Waals surface area contributed by atoms with E-state index in [4.69, 9.17) is 26.1 Å². The number of hydrogen-bond donors (Lipinski definition) is 1. The number of halogens is 2. The maximum atomic E-state index is 13.3. The SMILES string of the molecule is COc1cc(/C=C2\SC(=Nc3cc4c5c(c3)[C@H](c3ccccc3)CCN5CC[C@@H]4c3ccccc3)NC2=O)cc(Br)c1OCc1ccccc1Cl. The van der Waals surface area contributed by atoms with Crippen LogP contribution in [-0.2, 0) is 11.4 Å². The summed E-state index contributed by atoms with van der Waals surface area (Å²) in [6.45, 7) is 2.35. The summed E-state index contributed by atoms with van der Waals surface area (Å²) in [4.78, 5) is 21.5. The summed E-state index contributed by atoms with van der Waals surface area (Å²) in [5, 5.41) is 4.21. The highest BCUT2D eigenvalue weighted by atomic mass is 79.9. The molecule has 51 heavy (non-hydrogen) atoms. The molecule has 1 saturated heterocycles. The second-order valence-corrected chi connectivity index (χ2v) is 15.2. The third-order valence-corrected chi connectivity index (χ3v) is 11.6. The highest BCUT2D eigenvalue weighted by Gasteiger charge is 2.35. The van der Waals surface area contributed by atoms with Crippen molar-refractivity contribution in [1.29, 1.82) is 0 Å². The van der Waals surface area contributed by atoms with E-state index in [9.17, 15) is 4.79 Å². The quantitative estimate of drug-likeness (QED) is 0.159. The number of ether oxygens (including phenoxy) is 2. The Hall–Kier alpha value is -4.50. The standard InChI is InChI=1S/C42H35BrClN3O3S/c1-49-37-21-26(20-35(43)40(37)50-25-29-14-8-9-15-36(29)44)22-38-41(48)46-42(51-38)45-30-23-33-31(27-10-4-2-5-11-27)16-18-47-19-17-32(34(24-30)39(33)47)28-12-6-3-7-13-28/h2-15,20-24,31-32H,16-19,25H2,1H3,(H,45,46,48)/b38-22-/t31-,32+. The topological polar surface area (TPSA) is 63.2 Å². The Labute approximate surface area is 315 Å². The van der Waals surface area contributed by atoms with Crippen LogP contribution in [0.15, 0.2) is 124 Å². The van der Waals surface area contributed by atoms with Crippen molar-refractivity contribution in [3.05, 3.63) is 157 Å². The molecule has 2 atom stereocenters. The molecular formula is C42H35BrClN3O3S. The molecule has 1 fully saturated rings. The summed E-state index contributed by atoms with van der Waals surface area (Å²) in [6.07, 6.45) is 3.94. The van der Waals surface area contributed by atoms with Gasteiger partial charge in [0.25, 0.3) is 5.91 Å². The summed E-state index contributed by atoms with van der Waals surface area (Å²) in [5.41, 5.74) is 9.12. The lowest BCUT2D eigenvalue weighted by Gasteiger charge is -2.43. The Morgan fingerprint density at radius 2 is 1.53 bits per heavy atom. The lowest BCUT2D eigenvalue weighted by molar-refractivity contribution is -0.115. The minimum Gasteiger partial charge on any atom is -0.493 e. The Morgan fingerprint density at radius 3 is 2.16 bits per heavy atom. The van der Waals surface area contributed by atoms with Gasteiger partial charge >= 0.3 is 0 Å². The molecule has 1 amide bonds. The Balaban J connectivity index is 1.11. The van der Waals surface area contributed by atoms with Crippen LogP contribution in [0.2, 0.25) is 5.02 Å². The van der Waals surface area contributed by atoms with Crippen molar-refractivity contribution < 1.29 is 14.3 Å². The molecule has 3 aliphatic rings. The molecule has 5 aromatic carbocycles. The van der Waals surface area contributed by atoms with Crippen LogP contribution in [0.25, 0.3) is 6.08 Å². The molecule has 0 spiro atoms. The number of methoxy groups -OCH3 is 1. The number of aliphatic imine (C=N–C) groups is 1. The first kappa shape index (κ1) is 33.6. The predicted molar refractivity (Wildman–Crippen MR) is 212 cm³/mol. The number of rotatable bonds is 8. The lowest BCUT2D eigenvalue weighted by Crippen LogP contribution is -2.37. The van der Waals surface area contributed by atoms with Gasteiger partial charge in [-0.1, -0.05) is 90.5 Å². The van der Waals surface area contributed by atoms with Crippen molar-refractivity contribution in [2.45, 2.75) is 31.3 Å². The van der Waals surface area contributed by atoms with Crippen LogP contribution in [0.1, 0.15) is 58.1 Å². The summed E-state index contributed by atoms with van der Waals surface area (Å²) in [7, 11) is 1.60. The monoisotopic (exact) mass is 775 g/mol. The molecule has 5 aromatic rings. The van der Waals surface area contributed by atoms with Gasteiger partial charge in [-0.2, -0.15) is 0 Å². The summed E-state index contributed by atoms with van der Waals surface area (Å²) < 4.78 is 12.5. The van der Waals surface area contributed by atoms with Gasteiger partial charge in [0.1, 0.15) is 6.61 Å². The average molecular weight is 777 g/mol. The maximum Gasteiger partial charge on any atom is 0.264 e. The molecule has 9 heteroatoms. The number of thioether (sulfide) groups is 1. The predicted octanol–water partition coefficient (Wildman–Crippen LogP) is 10.5. The van der Waals surface area contributed by atoms with E-state index in [1.165, 1.54) is 39.7 Å². The number of carbonyl (C=O) groups excluding carboxylic acids is 1. The average Bonchev–Trinajstić information content (AvgIpc) is 3.49. The molecular weight excluding hydrogens is 742 g/mol. The van der Waals surface area contributed by atoms with Gasteiger partial charge in [0.05, 0.1) is 22.2 Å². The van der Waals surface area contributed by atoms with E-state index < -0.39 is 0 Å². The van der Waals surface area contributed by atoms with Crippen LogP contribution >= 0.6 is 39.3 Å². The number of carbonyl (C=O) groups is 1. The number of hydrogen-bond acceptors (Lipinski definition) is 6. The fourth-order valence-electron chi connectivity index (χ4n) is 7.38. The van der Waals surface area contributed by atoms with Crippen molar-refractivity contribution in [1.82, 2.24) is 5.32 Å². The van der Waals surface area contributed by atoms with E-state index in [2.05, 4.69) is 98.9 Å². The number of nitrogens with zero attached hydrogens (tertiary/aromatic N) is 2. The zero-order valence-electron chi connectivity index (χ0n) is 27.9. The van der Waals surface area contributed by atoms with E-state index in [-0.39, 0.29) is 24.3 Å². The zero-order chi connectivity index (χ0) is 34.9. The van der Waals surface area contributed by atoms with Crippen LogP contribution in [0, 0.1) is 0 Å². The molecule has 256 valence electrons. The van der Waals surface area contributed by atoms with Crippen molar-refractivity contribution >= 4 is 67.8 Å². The Morgan fingerprint density at radius 1 is 0.902 bits per heavy atom. The van der Waals surface area contributed by atoms with Crippen LogP contribution < -0.4 is 19.7 Å². The van der Waals surface area contributed by atoms with Gasteiger partial charge in [-0.05, 0) is 105 Å². The van der Waals surface area contributed by atoms with E-state index in [1.807, 2.05) is 42.5 Å². The summed E-state index contributed by atoms with van der Waals surface area (Å²) in [5.74, 6) is 1.46. The van der Waals surface area contributed by atoms with Gasteiger partial charge in [-0.15, -0.1) is 0 Å². The molecule has 0 aliphatic carbocycles. The molecule has 6 nitrogen and oxygen atoms in total. The van der Waals surface area contributed by atoms with E-state index >= 15 is 0 Å². The Bertz CT molecular complexity index is 2100. The minimum absolute atomic E-state index is 0.192. The van der Waals surface area contributed by atoms with E-state index in [0.29, 0.717) is 31.1 Å². The van der Waals surface area contributed by atoms with Gasteiger partial charge in [-0.3, -0.25) is 4.79 Å². The van der Waals surface area contributed by atoms with Crippen LogP contribution in [0.3, 0.4) is 0 Å². The van der Waals surface area contributed by atoms with Crippen molar-refractivity contribution in [3.63, 3.8) is 0 Å². The van der Waals surface area contributed by atoms with E-state index in [0.717, 1.165) is 42.7 Å². The normalized spacial score (nSPS) is 19.6. The number of anilines is 1. The number of amides is 1. The molecule has 0 saturated carbocycles. The molecule has 0 aromatic heterocycles. The first-order chi connectivity index (χ1) is 24.9. The number of amidine groups is 1. The maximum absolute atomic E-state index is 13.3. The first-order valence-electron chi connectivity index (χ1n) is 17.0. The highest BCUT2D eigenvalue weighted by molar-refractivity contribution is 9.10. The Kier molecular flexibility index (Phi) is 9.64. The third-order valence-electron chi connectivity index (χ3n) is 9.76. The fourth-order valence-corrected chi connectivity index (χ4v) is 8.99.